The van der Waals surface area contributed by atoms with Gasteiger partial charge in [-0.3, -0.25) is 5.10 Å². The van der Waals surface area contributed by atoms with E-state index in [0.29, 0.717) is 40.6 Å². The molecule has 0 bridgehead atoms. The van der Waals surface area contributed by atoms with E-state index in [4.69, 9.17) is 9.47 Å². The molecule has 0 saturated carbocycles. The summed E-state index contributed by atoms with van der Waals surface area (Å²) in [6.07, 6.45) is 3.40. The van der Waals surface area contributed by atoms with Crippen molar-refractivity contribution >= 4 is 22.5 Å². The Morgan fingerprint density at radius 1 is 1.00 bits per heavy atom. The fraction of sp³-hybridized carbons (Fsp3) is 0.346. The third-order valence-corrected chi connectivity index (χ3v) is 6.13. The molecule has 4 aromatic rings. The van der Waals surface area contributed by atoms with Crippen molar-refractivity contribution in [2.24, 2.45) is 0 Å². The van der Waals surface area contributed by atoms with Gasteiger partial charge in [-0.1, -0.05) is 0 Å². The summed E-state index contributed by atoms with van der Waals surface area (Å²) in [6.45, 7) is 5.69. The molecule has 0 aliphatic carbocycles. The van der Waals surface area contributed by atoms with E-state index in [1.165, 1.54) is 25.0 Å². The second-order valence-corrected chi connectivity index (χ2v) is 8.89. The molecule has 10 heteroatoms. The molecular formula is C26H28F2N6O2. The quantitative estimate of drug-likeness (QED) is 0.308. The highest BCUT2D eigenvalue weighted by Crippen LogP contribution is 2.36. The fourth-order valence-electron chi connectivity index (χ4n) is 4.40. The highest BCUT2D eigenvalue weighted by atomic mass is 19.1. The first-order valence-corrected chi connectivity index (χ1v) is 12.0. The zero-order chi connectivity index (χ0) is 25.1. The van der Waals surface area contributed by atoms with Crippen LogP contribution in [0.5, 0.6) is 11.5 Å². The number of methoxy groups -OCH3 is 1. The molecule has 5 rings (SSSR count). The van der Waals surface area contributed by atoms with Crippen molar-refractivity contribution in [2.45, 2.75) is 26.2 Å². The zero-order valence-corrected chi connectivity index (χ0v) is 20.3. The number of hydrogen-bond donors (Lipinski definition) is 2. The molecule has 1 aliphatic rings. The molecule has 1 saturated heterocycles. The number of benzene rings is 2. The number of anilines is 2. The van der Waals surface area contributed by atoms with E-state index < -0.39 is 11.6 Å². The van der Waals surface area contributed by atoms with Gasteiger partial charge >= 0.3 is 0 Å². The number of fused-ring (bicyclic) bond motifs is 1. The highest BCUT2D eigenvalue weighted by Gasteiger charge is 2.17. The van der Waals surface area contributed by atoms with Crippen LogP contribution >= 0.6 is 0 Å². The largest absolute Gasteiger partial charge is 0.493 e. The minimum absolute atomic E-state index is 0.167. The minimum atomic E-state index is -0.706. The van der Waals surface area contributed by atoms with Crippen molar-refractivity contribution < 1.29 is 18.3 Å². The van der Waals surface area contributed by atoms with E-state index in [1.54, 1.807) is 19.2 Å². The minimum Gasteiger partial charge on any atom is -0.493 e. The molecule has 2 N–H and O–H groups in total. The van der Waals surface area contributed by atoms with Crippen LogP contribution in [0.1, 0.15) is 25.0 Å². The second kappa shape index (κ2) is 10.4. The standard InChI is InChI=1S/C26H28F2N6O2/c1-16-10-24(33-32-16)30-26-20-14-22(35-2)23(36-9-5-8-34-6-3-4-7-34)15-21(20)29-25(31-26)17-11-18(27)13-19(28)12-17/h10-15H,3-9H2,1-2H3,(H2,29,30,31,32,33). The molecule has 0 radical (unpaired) electrons. The lowest BCUT2D eigenvalue weighted by atomic mass is 10.1. The van der Waals surface area contributed by atoms with Gasteiger partial charge in [0.15, 0.2) is 23.1 Å². The number of hydrogen-bond acceptors (Lipinski definition) is 7. The van der Waals surface area contributed by atoms with Crippen LogP contribution < -0.4 is 14.8 Å². The first-order chi connectivity index (χ1) is 17.5. The zero-order valence-electron chi connectivity index (χ0n) is 20.3. The Morgan fingerprint density at radius 2 is 1.78 bits per heavy atom. The van der Waals surface area contributed by atoms with Crippen LogP contribution in [-0.4, -0.2) is 58.4 Å². The van der Waals surface area contributed by atoms with Crippen LogP contribution in [0.3, 0.4) is 0 Å². The summed E-state index contributed by atoms with van der Waals surface area (Å²) in [4.78, 5) is 11.6. The van der Waals surface area contributed by atoms with Crippen molar-refractivity contribution in [1.29, 1.82) is 0 Å². The SMILES string of the molecule is COc1cc2c(Nc3cc(C)[nH]n3)nc(-c3cc(F)cc(F)c3)nc2cc1OCCCN1CCCC1. The van der Waals surface area contributed by atoms with Crippen molar-refractivity contribution in [3.05, 3.63) is 53.7 Å². The first-order valence-electron chi connectivity index (χ1n) is 12.0. The first kappa shape index (κ1) is 23.9. The number of aromatic nitrogens is 4. The van der Waals surface area contributed by atoms with Crippen LogP contribution in [-0.2, 0) is 0 Å². The predicted molar refractivity (Wildman–Crippen MR) is 134 cm³/mol. The third kappa shape index (κ3) is 5.38. The maximum atomic E-state index is 14.0. The van der Waals surface area contributed by atoms with Gasteiger partial charge in [-0.25, -0.2) is 18.7 Å². The van der Waals surface area contributed by atoms with Crippen LogP contribution in [0.15, 0.2) is 36.4 Å². The Bertz CT molecular complexity index is 1350. The van der Waals surface area contributed by atoms with E-state index in [9.17, 15) is 8.78 Å². The van der Waals surface area contributed by atoms with E-state index in [0.717, 1.165) is 37.8 Å². The third-order valence-electron chi connectivity index (χ3n) is 6.13. The molecule has 36 heavy (non-hydrogen) atoms. The van der Waals surface area contributed by atoms with Gasteiger partial charge in [0, 0.05) is 41.4 Å². The van der Waals surface area contributed by atoms with Crippen LogP contribution in [0, 0.1) is 18.6 Å². The average Bonchev–Trinajstić information content (AvgIpc) is 3.52. The van der Waals surface area contributed by atoms with Crippen LogP contribution in [0.25, 0.3) is 22.3 Å². The fourth-order valence-corrected chi connectivity index (χ4v) is 4.40. The Hall–Kier alpha value is -3.79. The summed E-state index contributed by atoms with van der Waals surface area (Å²) in [5.74, 6) is 0.808. The van der Waals surface area contributed by atoms with E-state index in [1.807, 2.05) is 13.0 Å². The molecule has 188 valence electrons. The topological polar surface area (TPSA) is 88.2 Å². The molecule has 1 fully saturated rings. The summed E-state index contributed by atoms with van der Waals surface area (Å²) < 4.78 is 39.6. The van der Waals surface area contributed by atoms with Gasteiger partial charge in [0.05, 0.1) is 19.2 Å². The number of nitrogens with one attached hydrogen (secondary N) is 2. The normalized spacial score (nSPS) is 13.9. The molecule has 0 atom stereocenters. The summed E-state index contributed by atoms with van der Waals surface area (Å²) in [7, 11) is 1.58. The van der Waals surface area contributed by atoms with Gasteiger partial charge in [0.25, 0.3) is 0 Å². The van der Waals surface area contributed by atoms with E-state index in [2.05, 4.69) is 30.4 Å². The maximum absolute atomic E-state index is 14.0. The molecule has 3 heterocycles. The summed E-state index contributed by atoms with van der Waals surface area (Å²) in [5, 5.41) is 10.9. The Kier molecular flexibility index (Phi) is 6.95. The van der Waals surface area contributed by atoms with Crippen molar-refractivity contribution in [1.82, 2.24) is 25.1 Å². The lowest BCUT2D eigenvalue weighted by Crippen LogP contribution is -2.21. The maximum Gasteiger partial charge on any atom is 0.163 e. The predicted octanol–water partition coefficient (Wildman–Crippen LogP) is 5.22. The molecule has 0 spiro atoms. The van der Waals surface area contributed by atoms with Gasteiger partial charge in [-0.15, -0.1) is 0 Å². The number of aryl methyl sites for hydroxylation is 1. The number of rotatable bonds is 9. The Balaban J connectivity index is 1.51. The smallest absolute Gasteiger partial charge is 0.163 e. The lowest BCUT2D eigenvalue weighted by Gasteiger charge is -2.16. The lowest BCUT2D eigenvalue weighted by molar-refractivity contribution is 0.254. The number of H-pyrrole nitrogens is 1. The number of ether oxygens (including phenoxy) is 2. The average molecular weight is 495 g/mol. The van der Waals surface area contributed by atoms with E-state index in [-0.39, 0.29) is 11.4 Å². The number of aromatic amines is 1. The summed E-state index contributed by atoms with van der Waals surface area (Å²) in [5.41, 5.74) is 1.62. The van der Waals surface area contributed by atoms with Gasteiger partial charge in [0.2, 0.25) is 0 Å². The highest BCUT2D eigenvalue weighted by molar-refractivity contribution is 5.94. The van der Waals surface area contributed by atoms with Crippen molar-refractivity contribution in [2.75, 3.05) is 38.7 Å². The van der Waals surface area contributed by atoms with Gasteiger partial charge in [-0.05, 0) is 57.5 Å². The van der Waals surface area contributed by atoms with Gasteiger partial charge in [0.1, 0.15) is 17.5 Å². The number of nitrogens with zero attached hydrogens (tertiary/aromatic N) is 4. The van der Waals surface area contributed by atoms with Crippen LogP contribution in [0.2, 0.25) is 0 Å². The number of halogens is 2. The summed E-state index contributed by atoms with van der Waals surface area (Å²) >= 11 is 0. The summed E-state index contributed by atoms with van der Waals surface area (Å²) in [6, 6.07) is 8.60. The van der Waals surface area contributed by atoms with Crippen molar-refractivity contribution in [3.63, 3.8) is 0 Å². The van der Waals surface area contributed by atoms with Crippen LogP contribution in [0.4, 0.5) is 20.4 Å². The van der Waals surface area contributed by atoms with Gasteiger partial charge < -0.3 is 19.7 Å². The molecular weight excluding hydrogens is 466 g/mol. The molecule has 2 aromatic carbocycles. The Labute approximate surface area is 207 Å². The molecule has 0 amide bonds. The van der Waals surface area contributed by atoms with Gasteiger partial charge in [-0.2, -0.15) is 5.10 Å². The van der Waals surface area contributed by atoms with Crippen molar-refractivity contribution in [3.8, 4) is 22.9 Å². The van der Waals surface area contributed by atoms with E-state index >= 15 is 0 Å². The molecule has 8 nitrogen and oxygen atoms in total. The molecule has 2 aromatic heterocycles. The monoisotopic (exact) mass is 494 g/mol. The molecule has 0 unspecified atom stereocenters. The molecule has 1 aliphatic heterocycles. The second-order valence-electron chi connectivity index (χ2n) is 8.89. The Morgan fingerprint density at radius 3 is 2.47 bits per heavy atom. The number of likely N-dealkylation sites (tertiary alicyclic amines) is 1.